The number of para-hydroxylation sites is 1. The summed E-state index contributed by atoms with van der Waals surface area (Å²) in [7, 11) is 0. The molecule has 5 heteroatoms. The highest BCUT2D eigenvalue weighted by atomic mass is 32.2. The molecule has 3 aromatic carbocycles. The average Bonchev–Trinajstić information content (AvgIpc) is 3.22. The molecule has 5 aromatic rings. The maximum absolute atomic E-state index is 5.80. The molecule has 0 fully saturated rings. The molecule has 0 saturated carbocycles. The number of thioether (sulfide) groups is 1. The maximum atomic E-state index is 5.80. The first-order chi connectivity index (χ1) is 13.4. The fourth-order valence-corrected chi connectivity index (χ4v) is 3.90. The van der Waals surface area contributed by atoms with Gasteiger partial charge in [-0.15, -0.1) is 10.2 Å². The Labute approximate surface area is 160 Å². The van der Waals surface area contributed by atoms with Crippen molar-refractivity contribution in [3.63, 3.8) is 0 Å². The largest absolute Gasteiger partial charge is 0.411 e. The zero-order valence-corrected chi connectivity index (χ0v) is 15.2. The van der Waals surface area contributed by atoms with Gasteiger partial charge in [0.1, 0.15) is 0 Å². The Morgan fingerprint density at radius 1 is 0.704 bits per heavy atom. The summed E-state index contributed by atoms with van der Waals surface area (Å²) in [5, 5.41) is 12.4. The monoisotopic (exact) mass is 369 g/mol. The van der Waals surface area contributed by atoms with Crippen LogP contribution >= 0.6 is 11.8 Å². The number of aromatic nitrogens is 3. The lowest BCUT2D eigenvalue weighted by atomic mass is 10.0. The van der Waals surface area contributed by atoms with Crippen LogP contribution in [0.1, 0.15) is 5.69 Å². The minimum absolute atomic E-state index is 0.537. The van der Waals surface area contributed by atoms with Gasteiger partial charge in [-0.25, -0.2) is 0 Å². The van der Waals surface area contributed by atoms with Gasteiger partial charge in [0.2, 0.25) is 5.89 Å². The van der Waals surface area contributed by atoms with E-state index < -0.39 is 0 Å². The van der Waals surface area contributed by atoms with E-state index in [9.17, 15) is 0 Å². The molecule has 0 saturated heterocycles. The van der Waals surface area contributed by atoms with Crippen molar-refractivity contribution in [2.24, 2.45) is 0 Å². The van der Waals surface area contributed by atoms with Gasteiger partial charge in [-0.3, -0.25) is 4.98 Å². The first-order valence-corrected chi connectivity index (χ1v) is 9.65. The molecule has 5 rings (SSSR count). The molecular formula is C22H15N3OS. The number of nitrogens with zero attached hydrogens (tertiary/aromatic N) is 3. The molecule has 0 radical (unpaired) electrons. The van der Waals surface area contributed by atoms with Gasteiger partial charge in [-0.1, -0.05) is 72.4 Å². The molecule has 0 unspecified atom stereocenters. The smallest absolute Gasteiger partial charge is 0.277 e. The zero-order chi connectivity index (χ0) is 18.1. The lowest BCUT2D eigenvalue weighted by Gasteiger charge is -2.08. The van der Waals surface area contributed by atoms with Crippen molar-refractivity contribution in [1.82, 2.24) is 15.2 Å². The number of hydrogen-bond donors (Lipinski definition) is 0. The first kappa shape index (κ1) is 16.0. The molecule has 2 heterocycles. The van der Waals surface area contributed by atoms with Crippen molar-refractivity contribution < 1.29 is 4.42 Å². The maximum Gasteiger partial charge on any atom is 0.277 e. The number of hydrogen-bond acceptors (Lipinski definition) is 5. The van der Waals surface area contributed by atoms with E-state index in [-0.39, 0.29) is 0 Å². The minimum atomic E-state index is 0.537. The van der Waals surface area contributed by atoms with Gasteiger partial charge in [0.05, 0.1) is 11.2 Å². The fraction of sp³-hybridized carbons (Fsp3) is 0.0455. The standard InChI is InChI=1S/C22H15N3OS/c1-2-8-15(9-3-1)21-24-25-22(26-21)27-14-20-18-12-5-4-10-16(18)17-11-6-7-13-19(17)23-20/h1-13H,14H2. The van der Waals surface area contributed by atoms with Crippen LogP contribution in [-0.4, -0.2) is 15.2 Å². The molecule has 0 aliphatic carbocycles. The lowest BCUT2D eigenvalue weighted by molar-refractivity contribution is 0.466. The van der Waals surface area contributed by atoms with E-state index in [2.05, 4.69) is 46.6 Å². The van der Waals surface area contributed by atoms with Crippen molar-refractivity contribution in [2.45, 2.75) is 11.0 Å². The third-order valence-electron chi connectivity index (χ3n) is 4.45. The van der Waals surface area contributed by atoms with Crippen LogP contribution in [0.3, 0.4) is 0 Å². The summed E-state index contributed by atoms with van der Waals surface area (Å²) in [4.78, 5) is 4.87. The minimum Gasteiger partial charge on any atom is -0.411 e. The Morgan fingerprint density at radius 2 is 1.41 bits per heavy atom. The van der Waals surface area contributed by atoms with Gasteiger partial charge in [0, 0.05) is 22.1 Å². The Balaban J connectivity index is 1.47. The third kappa shape index (κ3) is 3.06. The van der Waals surface area contributed by atoms with Crippen molar-refractivity contribution in [3.05, 3.63) is 84.6 Å². The highest BCUT2D eigenvalue weighted by Crippen LogP contribution is 2.31. The highest BCUT2D eigenvalue weighted by molar-refractivity contribution is 7.98. The van der Waals surface area contributed by atoms with Crippen LogP contribution in [0.15, 0.2) is 88.5 Å². The van der Waals surface area contributed by atoms with E-state index in [1.807, 2.05) is 42.5 Å². The van der Waals surface area contributed by atoms with Crippen LogP contribution in [-0.2, 0) is 5.75 Å². The second kappa shape index (κ2) is 6.85. The summed E-state index contributed by atoms with van der Waals surface area (Å²) in [5.74, 6) is 1.20. The quantitative estimate of drug-likeness (QED) is 0.299. The molecule has 130 valence electrons. The van der Waals surface area contributed by atoms with Crippen LogP contribution in [0.2, 0.25) is 0 Å². The Hall–Kier alpha value is -3.18. The molecule has 0 atom stereocenters. The summed E-state index contributed by atoms with van der Waals surface area (Å²) in [5.41, 5.74) is 2.95. The fourth-order valence-electron chi connectivity index (χ4n) is 3.18. The topological polar surface area (TPSA) is 51.8 Å². The number of fused-ring (bicyclic) bond motifs is 3. The Bertz CT molecular complexity index is 1230. The molecular weight excluding hydrogens is 354 g/mol. The Morgan fingerprint density at radius 3 is 2.26 bits per heavy atom. The van der Waals surface area contributed by atoms with E-state index in [4.69, 9.17) is 9.40 Å². The predicted molar refractivity (Wildman–Crippen MR) is 109 cm³/mol. The average molecular weight is 369 g/mol. The normalized spacial score (nSPS) is 11.3. The van der Waals surface area contributed by atoms with Gasteiger partial charge >= 0.3 is 0 Å². The van der Waals surface area contributed by atoms with E-state index >= 15 is 0 Å². The molecule has 2 aromatic heterocycles. The summed E-state index contributed by atoms with van der Waals surface area (Å²) in [6.45, 7) is 0. The Kier molecular flexibility index (Phi) is 4.07. The van der Waals surface area contributed by atoms with Crippen LogP contribution in [0.5, 0.6) is 0 Å². The van der Waals surface area contributed by atoms with E-state index in [1.54, 1.807) is 0 Å². The van der Waals surface area contributed by atoms with Crippen LogP contribution in [0, 0.1) is 0 Å². The second-order valence-electron chi connectivity index (χ2n) is 6.15. The van der Waals surface area contributed by atoms with E-state index in [1.165, 1.54) is 22.5 Å². The molecule has 0 N–H and O–H groups in total. The van der Waals surface area contributed by atoms with Crippen LogP contribution in [0.25, 0.3) is 33.1 Å². The second-order valence-corrected chi connectivity index (χ2v) is 7.08. The molecule has 4 nitrogen and oxygen atoms in total. The van der Waals surface area contributed by atoms with Gasteiger partial charge < -0.3 is 4.42 Å². The van der Waals surface area contributed by atoms with Crippen LogP contribution in [0.4, 0.5) is 0 Å². The molecule has 27 heavy (non-hydrogen) atoms. The van der Waals surface area contributed by atoms with Gasteiger partial charge in [0.25, 0.3) is 5.22 Å². The third-order valence-corrected chi connectivity index (χ3v) is 5.28. The lowest BCUT2D eigenvalue weighted by Crippen LogP contribution is -1.92. The number of benzene rings is 3. The van der Waals surface area contributed by atoms with Gasteiger partial charge in [-0.2, -0.15) is 0 Å². The summed E-state index contributed by atoms with van der Waals surface area (Å²) >= 11 is 1.51. The zero-order valence-electron chi connectivity index (χ0n) is 14.4. The van der Waals surface area contributed by atoms with Crippen LogP contribution < -0.4 is 0 Å². The number of pyridine rings is 1. The SMILES string of the molecule is c1ccc(-c2nnc(SCc3nc4ccccc4c4ccccc34)o2)cc1. The van der Waals surface area contributed by atoms with Crippen molar-refractivity contribution in [3.8, 4) is 11.5 Å². The van der Waals surface area contributed by atoms with Gasteiger partial charge in [0.15, 0.2) is 0 Å². The molecule has 0 aliphatic heterocycles. The summed E-state index contributed by atoms with van der Waals surface area (Å²) in [6.07, 6.45) is 0. The molecule has 0 amide bonds. The summed E-state index contributed by atoms with van der Waals surface area (Å²) < 4.78 is 5.80. The molecule has 0 aliphatic rings. The predicted octanol–water partition coefficient (Wildman–Crippen LogP) is 5.73. The van der Waals surface area contributed by atoms with Gasteiger partial charge in [-0.05, 0) is 23.6 Å². The number of rotatable bonds is 4. The van der Waals surface area contributed by atoms with Crippen molar-refractivity contribution in [1.29, 1.82) is 0 Å². The highest BCUT2D eigenvalue weighted by Gasteiger charge is 2.12. The molecule has 0 bridgehead atoms. The summed E-state index contributed by atoms with van der Waals surface area (Å²) in [6, 6.07) is 26.4. The van der Waals surface area contributed by atoms with Crippen molar-refractivity contribution in [2.75, 3.05) is 0 Å². The van der Waals surface area contributed by atoms with Crippen molar-refractivity contribution >= 4 is 33.4 Å². The molecule has 0 spiro atoms. The first-order valence-electron chi connectivity index (χ1n) is 8.66. The van der Waals surface area contributed by atoms with E-state index in [0.717, 1.165) is 22.2 Å². The van der Waals surface area contributed by atoms with E-state index in [0.29, 0.717) is 16.9 Å².